The first kappa shape index (κ1) is 21.2. The van der Waals surface area contributed by atoms with Crippen LogP contribution in [0.4, 0.5) is 5.69 Å². The van der Waals surface area contributed by atoms with Crippen molar-refractivity contribution in [1.82, 2.24) is 9.80 Å². The average Bonchev–Trinajstić information content (AvgIpc) is 3.22. The van der Waals surface area contributed by atoms with Gasteiger partial charge in [0.1, 0.15) is 0 Å². The molecule has 0 radical (unpaired) electrons. The molecule has 1 N–H and O–H groups in total. The normalized spacial score (nSPS) is 18.0. The maximum atomic E-state index is 12.7. The Kier molecular flexibility index (Phi) is 7.18. The topological polar surface area (TPSA) is 52.7 Å². The fourth-order valence-corrected chi connectivity index (χ4v) is 4.13. The SMILES string of the molecule is CCN(CC(=O)Nc1ccccc1C(C)=O)C1CCN(C(C)c2ccccc2)C1. The second-order valence-electron chi connectivity index (χ2n) is 7.74. The summed E-state index contributed by atoms with van der Waals surface area (Å²) < 4.78 is 0. The molecule has 2 aromatic carbocycles. The van der Waals surface area contributed by atoms with Crippen molar-refractivity contribution in [3.63, 3.8) is 0 Å². The number of anilines is 1. The quantitative estimate of drug-likeness (QED) is 0.689. The number of Topliss-reactive ketones (excluding diaryl/α,β-unsaturated/α-hetero) is 1. The molecule has 1 fully saturated rings. The molecule has 0 bridgehead atoms. The molecular formula is C24H31N3O2. The van der Waals surface area contributed by atoms with Gasteiger partial charge < -0.3 is 5.32 Å². The van der Waals surface area contributed by atoms with Crippen LogP contribution in [0, 0.1) is 0 Å². The number of amides is 1. The molecule has 5 nitrogen and oxygen atoms in total. The van der Waals surface area contributed by atoms with Gasteiger partial charge in [-0.3, -0.25) is 19.4 Å². The van der Waals surface area contributed by atoms with Crippen LogP contribution in [0.2, 0.25) is 0 Å². The molecule has 0 spiro atoms. The summed E-state index contributed by atoms with van der Waals surface area (Å²) in [5.41, 5.74) is 2.47. The van der Waals surface area contributed by atoms with Gasteiger partial charge in [0.15, 0.2) is 5.78 Å². The van der Waals surface area contributed by atoms with Crippen LogP contribution in [0.1, 0.15) is 49.2 Å². The fraction of sp³-hybridized carbons (Fsp3) is 0.417. The highest BCUT2D eigenvalue weighted by molar-refractivity contribution is 6.04. The third kappa shape index (κ3) is 5.31. The molecule has 1 aliphatic heterocycles. The number of benzene rings is 2. The maximum Gasteiger partial charge on any atom is 0.238 e. The predicted octanol–water partition coefficient (Wildman–Crippen LogP) is 3.99. The van der Waals surface area contributed by atoms with Crippen LogP contribution in [0.25, 0.3) is 0 Å². The molecule has 2 aromatic rings. The van der Waals surface area contributed by atoms with Gasteiger partial charge in [-0.2, -0.15) is 0 Å². The first-order valence-corrected chi connectivity index (χ1v) is 10.4. The summed E-state index contributed by atoms with van der Waals surface area (Å²) in [6.45, 7) is 9.01. The van der Waals surface area contributed by atoms with E-state index in [1.165, 1.54) is 12.5 Å². The number of hydrogen-bond donors (Lipinski definition) is 1. The first-order chi connectivity index (χ1) is 14.0. The summed E-state index contributed by atoms with van der Waals surface area (Å²) >= 11 is 0. The molecule has 5 heteroatoms. The Bertz CT molecular complexity index is 837. The van der Waals surface area contributed by atoms with Crippen molar-refractivity contribution in [2.45, 2.75) is 39.3 Å². The molecule has 0 aromatic heterocycles. The van der Waals surface area contributed by atoms with E-state index in [1.54, 1.807) is 12.1 Å². The van der Waals surface area contributed by atoms with Gasteiger partial charge >= 0.3 is 0 Å². The van der Waals surface area contributed by atoms with E-state index in [2.05, 4.69) is 53.2 Å². The highest BCUT2D eigenvalue weighted by atomic mass is 16.2. The Labute approximate surface area is 173 Å². The molecule has 1 heterocycles. The number of hydrogen-bond acceptors (Lipinski definition) is 4. The van der Waals surface area contributed by atoms with Gasteiger partial charge in [-0.15, -0.1) is 0 Å². The summed E-state index contributed by atoms with van der Waals surface area (Å²) in [6.07, 6.45) is 1.06. The minimum Gasteiger partial charge on any atom is -0.324 e. The number of nitrogens with one attached hydrogen (secondary N) is 1. The fourth-order valence-electron chi connectivity index (χ4n) is 4.13. The largest absolute Gasteiger partial charge is 0.324 e. The van der Waals surface area contributed by atoms with E-state index in [0.29, 0.717) is 29.9 Å². The van der Waals surface area contributed by atoms with Crippen LogP contribution in [-0.4, -0.2) is 53.7 Å². The highest BCUT2D eigenvalue weighted by Gasteiger charge is 2.31. The molecule has 1 amide bonds. The number of nitrogens with zero attached hydrogens (tertiary/aromatic N) is 2. The van der Waals surface area contributed by atoms with Crippen molar-refractivity contribution >= 4 is 17.4 Å². The molecule has 29 heavy (non-hydrogen) atoms. The molecular weight excluding hydrogens is 362 g/mol. The Morgan fingerprint density at radius 3 is 2.52 bits per heavy atom. The van der Waals surface area contributed by atoms with E-state index in [0.717, 1.165) is 26.1 Å². The molecule has 3 rings (SSSR count). The molecule has 154 valence electrons. The lowest BCUT2D eigenvalue weighted by atomic mass is 10.1. The van der Waals surface area contributed by atoms with Crippen molar-refractivity contribution in [2.75, 3.05) is 31.5 Å². The van der Waals surface area contributed by atoms with Crippen molar-refractivity contribution < 1.29 is 9.59 Å². The lowest BCUT2D eigenvalue weighted by molar-refractivity contribution is -0.117. The summed E-state index contributed by atoms with van der Waals surface area (Å²) in [5.74, 6) is -0.121. The van der Waals surface area contributed by atoms with Gasteiger partial charge in [-0.1, -0.05) is 49.4 Å². The predicted molar refractivity (Wildman–Crippen MR) is 117 cm³/mol. The van der Waals surface area contributed by atoms with Crippen molar-refractivity contribution in [2.24, 2.45) is 0 Å². The Balaban J connectivity index is 1.59. The number of likely N-dealkylation sites (tertiary alicyclic amines) is 1. The van der Waals surface area contributed by atoms with E-state index in [1.807, 2.05) is 18.2 Å². The van der Waals surface area contributed by atoms with Gasteiger partial charge in [-0.25, -0.2) is 0 Å². The second-order valence-corrected chi connectivity index (χ2v) is 7.74. The van der Waals surface area contributed by atoms with Gasteiger partial charge in [0, 0.05) is 30.7 Å². The average molecular weight is 394 g/mol. The van der Waals surface area contributed by atoms with Crippen LogP contribution in [0.5, 0.6) is 0 Å². The molecule has 1 aliphatic rings. The zero-order valence-electron chi connectivity index (χ0n) is 17.6. The van der Waals surface area contributed by atoms with Crippen LogP contribution in [-0.2, 0) is 4.79 Å². The number of likely N-dealkylation sites (N-methyl/N-ethyl adjacent to an activating group) is 1. The molecule has 2 unspecified atom stereocenters. The van der Waals surface area contributed by atoms with Crippen LogP contribution >= 0.6 is 0 Å². The first-order valence-electron chi connectivity index (χ1n) is 10.4. The third-order valence-corrected chi connectivity index (χ3v) is 5.87. The summed E-state index contributed by atoms with van der Waals surface area (Å²) in [7, 11) is 0. The number of para-hydroxylation sites is 1. The lowest BCUT2D eigenvalue weighted by Crippen LogP contribution is -2.42. The number of carbonyl (C=O) groups is 2. The second kappa shape index (κ2) is 9.81. The van der Waals surface area contributed by atoms with Crippen LogP contribution in [0.15, 0.2) is 54.6 Å². The smallest absolute Gasteiger partial charge is 0.238 e. The third-order valence-electron chi connectivity index (χ3n) is 5.87. The number of rotatable bonds is 8. The van der Waals surface area contributed by atoms with Crippen molar-refractivity contribution in [3.8, 4) is 0 Å². The Hall–Kier alpha value is -2.50. The molecule has 2 atom stereocenters. The highest BCUT2D eigenvalue weighted by Crippen LogP contribution is 2.26. The number of carbonyl (C=O) groups excluding carboxylic acids is 2. The van der Waals surface area contributed by atoms with Crippen molar-refractivity contribution in [3.05, 3.63) is 65.7 Å². The molecule has 0 aliphatic carbocycles. The van der Waals surface area contributed by atoms with E-state index in [-0.39, 0.29) is 11.7 Å². The van der Waals surface area contributed by atoms with Crippen LogP contribution in [0.3, 0.4) is 0 Å². The van der Waals surface area contributed by atoms with E-state index in [4.69, 9.17) is 0 Å². The standard InChI is InChI=1S/C24H31N3O2/c1-4-26(17-24(29)25-23-13-9-8-12-22(23)19(3)28)21-14-15-27(16-21)18(2)20-10-6-5-7-11-20/h5-13,18,21H,4,14-17H2,1-3H3,(H,25,29). The minimum absolute atomic E-state index is 0.0467. The van der Waals surface area contributed by atoms with Gasteiger partial charge in [0.2, 0.25) is 5.91 Å². The van der Waals surface area contributed by atoms with Gasteiger partial charge in [-0.05, 0) is 44.5 Å². The van der Waals surface area contributed by atoms with E-state index < -0.39 is 0 Å². The monoisotopic (exact) mass is 393 g/mol. The summed E-state index contributed by atoms with van der Waals surface area (Å²) in [4.78, 5) is 29.2. The minimum atomic E-state index is -0.0740. The summed E-state index contributed by atoms with van der Waals surface area (Å²) in [5, 5.41) is 2.92. The van der Waals surface area contributed by atoms with E-state index >= 15 is 0 Å². The van der Waals surface area contributed by atoms with Crippen LogP contribution < -0.4 is 5.32 Å². The van der Waals surface area contributed by atoms with E-state index in [9.17, 15) is 9.59 Å². The van der Waals surface area contributed by atoms with Gasteiger partial charge in [0.25, 0.3) is 0 Å². The zero-order valence-corrected chi connectivity index (χ0v) is 17.6. The molecule has 0 saturated carbocycles. The summed E-state index contributed by atoms with van der Waals surface area (Å²) in [6, 6.07) is 18.5. The Morgan fingerprint density at radius 1 is 1.14 bits per heavy atom. The zero-order chi connectivity index (χ0) is 20.8. The Morgan fingerprint density at radius 2 is 1.83 bits per heavy atom. The lowest BCUT2D eigenvalue weighted by Gasteiger charge is -2.29. The van der Waals surface area contributed by atoms with Gasteiger partial charge in [0.05, 0.1) is 12.2 Å². The molecule has 1 saturated heterocycles. The van der Waals surface area contributed by atoms with Crippen molar-refractivity contribution in [1.29, 1.82) is 0 Å². The number of ketones is 1. The maximum absolute atomic E-state index is 12.7.